The minimum Gasteiger partial charge on any atom is -0.396 e. The summed E-state index contributed by atoms with van der Waals surface area (Å²) in [5, 5.41) is 12.1. The summed E-state index contributed by atoms with van der Waals surface area (Å²) < 4.78 is 0. The Kier molecular flexibility index (Phi) is 2.11. The van der Waals surface area contributed by atoms with Gasteiger partial charge in [0.15, 0.2) is 0 Å². The van der Waals surface area contributed by atoms with Gasteiger partial charge in [-0.2, -0.15) is 0 Å². The Morgan fingerprint density at radius 2 is 2.45 bits per heavy atom. The van der Waals surface area contributed by atoms with Gasteiger partial charge in [0.1, 0.15) is 0 Å². The van der Waals surface area contributed by atoms with Gasteiger partial charge in [-0.25, -0.2) is 0 Å². The molecule has 11 heavy (non-hydrogen) atoms. The molecule has 0 spiro atoms. The fourth-order valence-electron chi connectivity index (χ4n) is 2.19. The van der Waals surface area contributed by atoms with Crippen LogP contribution < -0.4 is 5.32 Å². The van der Waals surface area contributed by atoms with E-state index >= 15 is 0 Å². The van der Waals surface area contributed by atoms with Crippen molar-refractivity contribution in [2.24, 2.45) is 0 Å². The fourth-order valence-corrected chi connectivity index (χ4v) is 2.19. The van der Waals surface area contributed by atoms with Crippen molar-refractivity contribution in [3.63, 3.8) is 0 Å². The molecule has 0 aromatic carbocycles. The molecule has 2 atom stereocenters. The van der Waals surface area contributed by atoms with E-state index in [1.807, 2.05) is 0 Å². The maximum absolute atomic E-state index is 8.65. The van der Waals surface area contributed by atoms with E-state index in [1.54, 1.807) is 0 Å². The van der Waals surface area contributed by atoms with Crippen LogP contribution in [-0.2, 0) is 0 Å². The second kappa shape index (κ2) is 3.09. The Balaban J connectivity index is 1.78. The topological polar surface area (TPSA) is 35.5 Å². The summed E-state index contributed by atoms with van der Waals surface area (Å²) in [5.74, 6) is 0. The molecule has 0 amide bonds. The zero-order chi connectivity index (χ0) is 7.68. The summed E-state index contributed by atoms with van der Waals surface area (Å²) in [4.78, 5) is 2.50. The molecule has 0 aliphatic carbocycles. The van der Waals surface area contributed by atoms with E-state index < -0.39 is 0 Å². The van der Waals surface area contributed by atoms with Crippen molar-refractivity contribution in [1.82, 2.24) is 10.2 Å². The molecule has 64 valence electrons. The first kappa shape index (κ1) is 7.53. The molecule has 2 fully saturated rings. The first-order valence-electron chi connectivity index (χ1n) is 4.48. The lowest BCUT2D eigenvalue weighted by Crippen LogP contribution is -2.43. The highest BCUT2D eigenvalue weighted by molar-refractivity contribution is 4.96. The number of hydrogen-bond acceptors (Lipinski definition) is 3. The molecule has 2 saturated heterocycles. The van der Waals surface area contributed by atoms with Crippen LogP contribution in [0.2, 0.25) is 0 Å². The van der Waals surface area contributed by atoms with Crippen LogP contribution in [-0.4, -0.2) is 48.3 Å². The van der Waals surface area contributed by atoms with Crippen molar-refractivity contribution in [2.45, 2.75) is 24.9 Å². The lowest BCUT2D eigenvalue weighted by Gasteiger charge is -2.26. The van der Waals surface area contributed by atoms with Crippen molar-refractivity contribution in [2.75, 3.05) is 26.2 Å². The number of aliphatic hydroxyl groups is 1. The van der Waals surface area contributed by atoms with Gasteiger partial charge in [-0.15, -0.1) is 0 Å². The van der Waals surface area contributed by atoms with Gasteiger partial charge in [0.25, 0.3) is 0 Å². The highest BCUT2D eigenvalue weighted by Crippen LogP contribution is 2.22. The van der Waals surface area contributed by atoms with Crippen molar-refractivity contribution < 1.29 is 5.11 Å². The lowest BCUT2D eigenvalue weighted by molar-refractivity contribution is 0.196. The third kappa shape index (κ3) is 1.41. The fraction of sp³-hybridized carbons (Fsp3) is 1.00. The van der Waals surface area contributed by atoms with Gasteiger partial charge < -0.3 is 10.4 Å². The Bertz CT molecular complexity index is 140. The zero-order valence-corrected chi connectivity index (χ0v) is 6.79. The van der Waals surface area contributed by atoms with Gasteiger partial charge in [-0.1, -0.05) is 0 Å². The van der Waals surface area contributed by atoms with E-state index in [1.165, 1.54) is 13.0 Å². The quantitative estimate of drug-likeness (QED) is 0.573. The maximum Gasteiger partial charge on any atom is 0.0443 e. The molecular weight excluding hydrogens is 140 g/mol. The summed E-state index contributed by atoms with van der Waals surface area (Å²) in [7, 11) is 0. The predicted molar refractivity (Wildman–Crippen MR) is 43.5 cm³/mol. The minimum absolute atomic E-state index is 0.335. The van der Waals surface area contributed by atoms with E-state index in [4.69, 9.17) is 5.11 Å². The Hall–Kier alpha value is -0.120. The van der Waals surface area contributed by atoms with Crippen molar-refractivity contribution in [1.29, 1.82) is 0 Å². The van der Waals surface area contributed by atoms with Gasteiger partial charge >= 0.3 is 0 Å². The van der Waals surface area contributed by atoms with Crippen molar-refractivity contribution in [3.05, 3.63) is 0 Å². The minimum atomic E-state index is 0.335. The first-order chi connectivity index (χ1) is 5.40. The molecule has 0 aromatic rings. The molecule has 0 aromatic heterocycles. The number of rotatable bonds is 3. The molecule has 0 radical (unpaired) electrons. The van der Waals surface area contributed by atoms with E-state index in [0.29, 0.717) is 6.61 Å². The molecule has 2 aliphatic heterocycles. The molecule has 3 heteroatoms. The average Bonchev–Trinajstić information content (AvgIpc) is 2.60. The first-order valence-corrected chi connectivity index (χ1v) is 4.48. The van der Waals surface area contributed by atoms with Crippen LogP contribution in [0.25, 0.3) is 0 Å². The molecule has 0 saturated carbocycles. The third-order valence-electron chi connectivity index (χ3n) is 2.77. The van der Waals surface area contributed by atoms with Crippen LogP contribution >= 0.6 is 0 Å². The maximum atomic E-state index is 8.65. The molecule has 3 nitrogen and oxygen atoms in total. The summed E-state index contributed by atoms with van der Waals surface area (Å²) in [6.07, 6.45) is 2.26. The van der Waals surface area contributed by atoms with Crippen molar-refractivity contribution in [3.8, 4) is 0 Å². The monoisotopic (exact) mass is 156 g/mol. The number of likely N-dealkylation sites (tertiary alicyclic amines) is 1. The summed E-state index contributed by atoms with van der Waals surface area (Å²) in [5.41, 5.74) is 0. The number of piperazine rings is 1. The molecule has 2 bridgehead atoms. The Morgan fingerprint density at radius 3 is 3.00 bits per heavy atom. The largest absolute Gasteiger partial charge is 0.396 e. The van der Waals surface area contributed by atoms with E-state index in [9.17, 15) is 0 Å². The second-order valence-corrected chi connectivity index (χ2v) is 3.57. The van der Waals surface area contributed by atoms with Crippen LogP contribution in [0.3, 0.4) is 0 Å². The van der Waals surface area contributed by atoms with Crippen LogP contribution in [0, 0.1) is 0 Å². The van der Waals surface area contributed by atoms with Gasteiger partial charge in [-0.05, 0) is 12.8 Å². The van der Waals surface area contributed by atoms with Gasteiger partial charge in [0, 0.05) is 38.3 Å². The molecule has 2 heterocycles. The number of nitrogens with one attached hydrogen (secondary N) is 1. The third-order valence-corrected chi connectivity index (χ3v) is 2.77. The highest BCUT2D eigenvalue weighted by atomic mass is 16.3. The summed E-state index contributed by atoms with van der Waals surface area (Å²) >= 11 is 0. The molecule has 2 rings (SSSR count). The van der Waals surface area contributed by atoms with E-state index in [0.717, 1.165) is 31.6 Å². The smallest absolute Gasteiger partial charge is 0.0443 e. The molecule has 2 aliphatic rings. The second-order valence-electron chi connectivity index (χ2n) is 3.57. The summed E-state index contributed by atoms with van der Waals surface area (Å²) in [6.45, 7) is 3.78. The normalized spacial score (nSPS) is 36.8. The number of aliphatic hydroxyl groups excluding tert-OH is 1. The van der Waals surface area contributed by atoms with E-state index in [2.05, 4.69) is 10.2 Å². The number of nitrogens with zero attached hydrogens (tertiary/aromatic N) is 1. The average molecular weight is 156 g/mol. The molecular formula is C8H16N2O. The van der Waals surface area contributed by atoms with Crippen LogP contribution in [0.4, 0.5) is 0 Å². The van der Waals surface area contributed by atoms with Gasteiger partial charge in [-0.3, -0.25) is 4.90 Å². The highest BCUT2D eigenvalue weighted by Gasteiger charge is 2.36. The number of hydrogen-bond donors (Lipinski definition) is 2. The summed E-state index contributed by atoms with van der Waals surface area (Å²) in [6, 6.07) is 1.52. The van der Waals surface area contributed by atoms with Crippen molar-refractivity contribution >= 4 is 0 Å². The standard InChI is InChI=1S/C8H16N2O/c11-3-1-2-10-6-7-4-8(10)5-9-7/h7-9,11H,1-6H2/t7-,8-/m0/s1. The Labute approximate surface area is 67.4 Å². The van der Waals surface area contributed by atoms with Crippen LogP contribution in [0.5, 0.6) is 0 Å². The van der Waals surface area contributed by atoms with Gasteiger partial charge in [0.2, 0.25) is 0 Å². The lowest BCUT2D eigenvalue weighted by atomic mass is 10.2. The van der Waals surface area contributed by atoms with Gasteiger partial charge in [0.05, 0.1) is 0 Å². The zero-order valence-electron chi connectivity index (χ0n) is 6.79. The Morgan fingerprint density at radius 1 is 1.55 bits per heavy atom. The van der Waals surface area contributed by atoms with Crippen LogP contribution in [0.15, 0.2) is 0 Å². The molecule has 2 N–H and O–H groups in total. The van der Waals surface area contributed by atoms with Crippen LogP contribution in [0.1, 0.15) is 12.8 Å². The number of fused-ring (bicyclic) bond motifs is 2. The predicted octanol–water partition coefficient (Wildman–Crippen LogP) is -0.585. The molecule has 0 unspecified atom stereocenters. The SMILES string of the molecule is OCCCN1C[C@@H]2C[C@H]1CN2. The van der Waals surface area contributed by atoms with E-state index in [-0.39, 0.29) is 0 Å².